The Morgan fingerprint density at radius 1 is 0.667 bits per heavy atom. The maximum absolute atomic E-state index is 1.62. The van der Waals surface area contributed by atoms with Crippen molar-refractivity contribution in [1.82, 2.24) is 0 Å². The molecule has 3 aliphatic carbocycles. The molecule has 0 aliphatic heterocycles. The zero-order valence-electron chi connectivity index (χ0n) is 10.1. The predicted octanol–water partition coefficient (Wildman–Crippen LogP) is 4.93. The van der Waals surface area contributed by atoms with Crippen LogP contribution in [0.5, 0.6) is 0 Å². The lowest BCUT2D eigenvalue weighted by atomic mass is 9.83. The average Bonchev–Trinajstić information content (AvgIpc) is 2.68. The van der Waals surface area contributed by atoms with E-state index in [4.69, 9.17) is 0 Å². The summed E-state index contributed by atoms with van der Waals surface area (Å²) in [5.74, 6) is 2.34. The molecule has 15 heavy (non-hydrogen) atoms. The van der Waals surface area contributed by atoms with E-state index in [1.807, 2.05) is 0 Å². The zero-order valence-corrected chi connectivity index (χ0v) is 10.1. The Bertz CT molecular complexity index is 204. The van der Waals surface area contributed by atoms with E-state index in [1.54, 1.807) is 44.9 Å². The van der Waals surface area contributed by atoms with Crippen molar-refractivity contribution in [2.24, 2.45) is 17.3 Å². The molecule has 3 aliphatic rings. The zero-order chi connectivity index (χ0) is 10.1. The third kappa shape index (κ3) is 1.97. The SMILES string of the molecule is C1CCCC2(CCC1)CC2C1CCCC1. The first-order valence-corrected chi connectivity index (χ1v) is 7.41. The molecule has 3 fully saturated rings. The summed E-state index contributed by atoms with van der Waals surface area (Å²) in [5, 5.41) is 0. The molecule has 0 heteroatoms. The quantitative estimate of drug-likeness (QED) is 0.571. The lowest BCUT2D eigenvalue weighted by Crippen LogP contribution is -2.11. The van der Waals surface area contributed by atoms with Crippen LogP contribution in [0.4, 0.5) is 0 Å². The van der Waals surface area contributed by atoms with Crippen LogP contribution in [0, 0.1) is 17.3 Å². The van der Waals surface area contributed by atoms with E-state index >= 15 is 0 Å². The fourth-order valence-corrected chi connectivity index (χ4v) is 4.59. The van der Waals surface area contributed by atoms with E-state index in [1.165, 1.54) is 38.0 Å². The Morgan fingerprint density at radius 3 is 1.93 bits per heavy atom. The Morgan fingerprint density at radius 2 is 1.27 bits per heavy atom. The lowest BCUT2D eigenvalue weighted by molar-refractivity contribution is 0.289. The molecule has 86 valence electrons. The van der Waals surface area contributed by atoms with Gasteiger partial charge in [0.2, 0.25) is 0 Å². The van der Waals surface area contributed by atoms with Crippen LogP contribution in [-0.2, 0) is 0 Å². The van der Waals surface area contributed by atoms with Crippen molar-refractivity contribution in [2.45, 2.75) is 77.0 Å². The summed E-state index contributed by atoms with van der Waals surface area (Å²) in [5.41, 5.74) is 0.884. The summed E-state index contributed by atoms with van der Waals surface area (Å²) >= 11 is 0. The Labute approximate surface area is 94.8 Å². The second-order valence-corrected chi connectivity index (χ2v) is 6.49. The van der Waals surface area contributed by atoms with Crippen LogP contribution in [0.15, 0.2) is 0 Å². The highest BCUT2D eigenvalue weighted by atomic mass is 14.6. The van der Waals surface area contributed by atoms with Crippen LogP contribution in [-0.4, -0.2) is 0 Å². The molecule has 0 nitrogen and oxygen atoms in total. The van der Waals surface area contributed by atoms with Crippen molar-refractivity contribution >= 4 is 0 Å². The molecule has 1 atom stereocenters. The topological polar surface area (TPSA) is 0 Å². The molecule has 3 saturated carbocycles. The van der Waals surface area contributed by atoms with Crippen LogP contribution in [0.3, 0.4) is 0 Å². The number of hydrogen-bond donors (Lipinski definition) is 0. The van der Waals surface area contributed by atoms with Gasteiger partial charge < -0.3 is 0 Å². The number of hydrogen-bond acceptors (Lipinski definition) is 0. The molecule has 0 heterocycles. The summed E-state index contributed by atoms with van der Waals surface area (Å²) in [7, 11) is 0. The molecule has 1 unspecified atom stereocenters. The molecular weight excluding hydrogens is 180 g/mol. The second kappa shape index (κ2) is 4.11. The Balaban J connectivity index is 1.59. The molecule has 0 amide bonds. The van der Waals surface area contributed by atoms with Crippen LogP contribution >= 0.6 is 0 Å². The van der Waals surface area contributed by atoms with E-state index in [0.717, 1.165) is 11.3 Å². The van der Waals surface area contributed by atoms with Crippen molar-refractivity contribution in [3.63, 3.8) is 0 Å². The van der Waals surface area contributed by atoms with Gasteiger partial charge in [0.25, 0.3) is 0 Å². The standard InChI is InChI=1S/C15H26/c1-2-6-10-15(11-7-3-1)12-14(15)13-8-4-5-9-13/h13-14H,1-12H2. The van der Waals surface area contributed by atoms with Crippen molar-refractivity contribution < 1.29 is 0 Å². The minimum absolute atomic E-state index is 0.884. The fraction of sp³-hybridized carbons (Fsp3) is 1.00. The lowest BCUT2D eigenvalue weighted by Gasteiger charge is -2.22. The maximum Gasteiger partial charge on any atom is -0.0263 e. The molecule has 0 aromatic rings. The highest BCUT2D eigenvalue weighted by Gasteiger charge is 2.55. The van der Waals surface area contributed by atoms with Crippen molar-refractivity contribution in [1.29, 1.82) is 0 Å². The minimum Gasteiger partial charge on any atom is -0.0533 e. The van der Waals surface area contributed by atoms with Crippen molar-refractivity contribution in [2.75, 3.05) is 0 Å². The molecular formula is C15H26. The van der Waals surface area contributed by atoms with E-state index in [0.29, 0.717) is 0 Å². The molecule has 0 radical (unpaired) electrons. The van der Waals surface area contributed by atoms with Gasteiger partial charge in [-0.15, -0.1) is 0 Å². The Hall–Kier alpha value is 0. The minimum atomic E-state index is 0.884. The first-order chi connectivity index (χ1) is 7.41. The first kappa shape index (κ1) is 10.2. The summed E-state index contributed by atoms with van der Waals surface area (Å²) in [6.45, 7) is 0. The molecule has 3 rings (SSSR count). The van der Waals surface area contributed by atoms with Gasteiger partial charge in [0, 0.05) is 0 Å². The van der Waals surface area contributed by atoms with Gasteiger partial charge >= 0.3 is 0 Å². The maximum atomic E-state index is 1.62. The van der Waals surface area contributed by atoms with Gasteiger partial charge in [-0.25, -0.2) is 0 Å². The molecule has 0 aromatic carbocycles. The summed E-state index contributed by atoms with van der Waals surface area (Å²) < 4.78 is 0. The normalized spacial score (nSPS) is 36.4. The van der Waals surface area contributed by atoms with Gasteiger partial charge in [-0.1, -0.05) is 57.8 Å². The third-order valence-electron chi connectivity index (χ3n) is 5.57. The molecule has 0 bridgehead atoms. The molecule has 0 N–H and O–H groups in total. The van der Waals surface area contributed by atoms with Gasteiger partial charge in [-0.05, 0) is 36.5 Å². The smallest absolute Gasteiger partial charge is 0.0263 e. The predicted molar refractivity (Wildman–Crippen MR) is 64.8 cm³/mol. The monoisotopic (exact) mass is 206 g/mol. The fourth-order valence-electron chi connectivity index (χ4n) is 4.59. The third-order valence-corrected chi connectivity index (χ3v) is 5.57. The van der Waals surface area contributed by atoms with Crippen LogP contribution in [0.2, 0.25) is 0 Å². The van der Waals surface area contributed by atoms with Crippen LogP contribution < -0.4 is 0 Å². The van der Waals surface area contributed by atoms with Crippen molar-refractivity contribution in [3.05, 3.63) is 0 Å². The van der Waals surface area contributed by atoms with Gasteiger partial charge in [0.05, 0.1) is 0 Å². The first-order valence-electron chi connectivity index (χ1n) is 7.41. The van der Waals surface area contributed by atoms with Gasteiger partial charge in [0.15, 0.2) is 0 Å². The van der Waals surface area contributed by atoms with E-state index in [9.17, 15) is 0 Å². The largest absolute Gasteiger partial charge is 0.0533 e. The van der Waals surface area contributed by atoms with Gasteiger partial charge in [0.1, 0.15) is 0 Å². The Kier molecular flexibility index (Phi) is 2.79. The van der Waals surface area contributed by atoms with Gasteiger partial charge in [-0.2, -0.15) is 0 Å². The van der Waals surface area contributed by atoms with Crippen LogP contribution in [0.1, 0.15) is 77.0 Å². The van der Waals surface area contributed by atoms with E-state index in [2.05, 4.69) is 0 Å². The van der Waals surface area contributed by atoms with E-state index < -0.39 is 0 Å². The average molecular weight is 206 g/mol. The number of rotatable bonds is 1. The second-order valence-electron chi connectivity index (χ2n) is 6.49. The van der Waals surface area contributed by atoms with Crippen LogP contribution in [0.25, 0.3) is 0 Å². The summed E-state index contributed by atoms with van der Waals surface area (Å²) in [6, 6.07) is 0. The highest BCUT2D eigenvalue weighted by molar-refractivity contribution is 5.05. The van der Waals surface area contributed by atoms with Gasteiger partial charge in [-0.3, -0.25) is 0 Å². The molecule has 1 spiro atoms. The summed E-state index contributed by atoms with van der Waals surface area (Å²) in [4.78, 5) is 0. The van der Waals surface area contributed by atoms with E-state index in [-0.39, 0.29) is 0 Å². The molecule has 0 aromatic heterocycles. The molecule has 0 saturated heterocycles. The highest BCUT2D eigenvalue weighted by Crippen LogP contribution is 2.65. The van der Waals surface area contributed by atoms with Crippen molar-refractivity contribution in [3.8, 4) is 0 Å². The summed E-state index contributed by atoms with van der Waals surface area (Å²) in [6.07, 6.45) is 18.7.